The summed E-state index contributed by atoms with van der Waals surface area (Å²) in [5, 5.41) is 9.57. The van der Waals surface area contributed by atoms with Gasteiger partial charge in [-0.05, 0) is 37.5 Å². The molecule has 1 saturated heterocycles. The second-order valence-corrected chi connectivity index (χ2v) is 6.13. The van der Waals surface area contributed by atoms with Crippen LogP contribution in [0.25, 0.3) is 0 Å². The molecule has 3 N–H and O–H groups in total. The third kappa shape index (κ3) is 4.66. The van der Waals surface area contributed by atoms with Gasteiger partial charge in [-0.25, -0.2) is 0 Å². The molecule has 118 valence electrons. The molecule has 0 amide bonds. The molecule has 21 heavy (non-hydrogen) atoms. The average molecular weight is 313 g/mol. The fraction of sp³-hybridized carbons (Fsp3) is 0.625. The molecular weight excluding hydrogens is 288 g/mol. The first kappa shape index (κ1) is 16.7. The summed E-state index contributed by atoms with van der Waals surface area (Å²) < 4.78 is 5.62. The zero-order valence-electron chi connectivity index (χ0n) is 12.5. The number of nitrogens with two attached hydrogens (primary N) is 1. The largest absolute Gasteiger partial charge is 0.394 e. The standard InChI is InChI=1S/C16H25ClN2O2/c1-12(18)16(13-3-2-4-14(17)11-13)19-7-5-15(6-8-19)21-10-9-20/h2-4,11-12,15-16,20H,5-10,18H2,1H3. The molecule has 1 aromatic carbocycles. The molecule has 0 saturated carbocycles. The van der Waals surface area contributed by atoms with Gasteiger partial charge >= 0.3 is 0 Å². The van der Waals surface area contributed by atoms with Gasteiger partial charge in [-0.15, -0.1) is 0 Å². The molecule has 2 rings (SSSR count). The molecule has 0 spiro atoms. The van der Waals surface area contributed by atoms with Crippen molar-refractivity contribution in [2.45, 2.75) is 38.0 Å². The number of hydrogen-bond donors (Lipinski definition) is 2. The smallest absolute Gasteiger partial charge is 0.0701 e. The number of hydrogen-bond acceptors (Lipinski definition) is 4. The quantitative estimate of drug-likeness (QED) is 0.845. The van der Waals surface area contributed by atoms with Gasteiger partial charge in [-0.2, -0.15) is 0 Å². The first-order valence-electron chi connectivity index (χ1n) is 7.59. The van der Waals surface area contributed by atoms with Crippen molar-refractivity contribution in [1.29, 1.82) is 0 Å². The van der Waals surface area contributed by atoms with E-state index in [0.717, 1.165) is 31.0 Å². The Morgan fingerprint density at radius 1 is 1.43 bits per heavy atom. The van der Waals surface area contributed by atoms with Gasteiger partial charge in [0.05, 0.1) is 19.3 Å². The molecule has 0 aliphatic carbocycles. The molecule has 0 radical (unpaired) electrons. The summed E-state index contributed by atoms with van der Waals surface area (Å²) in [6.45, 7) is 4.46. The minimum Gasteiger partial charge on any atom is -0.394 e. The number of nitrogens with zero attached hydrogens (tertiary/aromatic N) is 1. The fourth-order valence-corrected chi connectivity index (χ4v) is 3.28. The third-order valence-corrected chi connectivity index (χ3v) is 4.24. The van der Waals surface area contributed by atoms with Crippen LogP contribution < -0.4 is 5.73 Å². The molecule has 1 aliphatic heterocycles. The summed E-state index contributed by atoms with van der Waals surface area (Å²) in [6, 6.07) is 8.18. The molecule has 2 unspecified atom stereocenters. The van der Waals surface area contributed by atoms with Crippen LogP contribution in [0.1, 0.15) is 31.4 Å². The van der Waals surface area contributed by atoms with E-state index in [0.29, 0.717) is 6.61 Å². The number of likely N-dealkylation sites (tertiary alicyclic amines) is 1. The molecule has 5 heteroatoms. The normalized spacial score (nSPS) is 20.4. The molecule has 0 aromatic heterocycles. The SMILES string of the molecule is CC(N)C(c1cccc(Cl)c1)N1CCC(OCCO)CC1. The van der Waals surface area contributed by atoms with E-state index in [2.05, 4.69) is 11.0 Å². The number of aliphatic hydroxyl groups excluding tert-OH is 1. The van der Waals surface area contributed by atoms with Crippen molar-refractivity contribution in [3.63, 3.8) is 0 Å². The van der Waals surface area contributed by atoms with Crippen LogP contribution >= 0.6 is 11.6 Å². The Balaban J connectivity index is 2.01. The van der Waals surface area contributed by atoms with E-state index in [1.165, 1.54) is 5.56 Å². The van der Waals surface area contributed by atoms with Crippen molar-refractivity contribution in [2.24, 2.45) is 5.73 Å². The Morgan fingerprint density at radius 2 is 2.14 bits per heavy atom. The molecule has 2 atom stereocenters. The number of piperidine rings is 1. The maximum Gasteiger partial charge on any atom is 0.0701 e. The van der Waals surface area contributed by atoms with E-state index in [9.17, 15) is 0 Å². The maximum atomic E-state index is 8.82. The molecule has 1 aromatic rings. The lowest BCUT2D eigenvalue weighted by molar-refractivity contribution is -0.0172. The van der Waals surface area contributed by atoms with E-state index in [-0.39, 0.29) is 24.8 Å². The Labute approximate surface area is 131 Å². The molecule has 4 nitrogen and oxygen atoms in total. The monoisotopic (exact) mass is 312 g/mol. The Hall–Kier alpha value is -0.650. The van der Waals surface area contributed by atoms with Crippen LogP contribution in [0.5, 0.6) is 0 Å². The predicted octanol–water partition coefficient (Wildman–Crippen LogP) is 2.20. The van der Waals surface area contributed by atoms with Crippen LogP contribution in [-0.4, -0.2) is 48.5 Å². The van der Waals surface area contributed by atoms with Crippen molar-refractivity contribution in [3.8, 4) is 0 Å². The second kappa shape index (κ2) is 8.11. The Morgan fingerprint density at radius 3 is 2.71 bits per heavy atom. The van der Waals surface area contributed by atoms with E-state index >= 15 is 0 Å². The fourth-order valence-electron chi connectivity index (χ4n) is 3.08. The van der Waals surface area contributed by atoms with Gasteiger partial charge in [-0.1, -0.05) is 23.7 Å². The van der Waals surface area contributed by atoms with Crippen LogP contribution in [0.2, 0.25) is 5.02 Å². The van der Waals surface area contributed by atoms with Gasteiger partial charge < -0.3 is 15.6 Å². The van der Waals surface area contributed by atoms with Gasteiger partial charge in [0, 0.05) is 30.2 Å². The summed E-state index contributed by atoms with van der Waals surface area (Å²) in [5.74, 6) is 0. The highest BCUT2D eigenvalue weighted by atomic mass is 35.5. The minimum absolute atomic E-state index is 0.0402. The summed E-state index contributed by atoms with van der Waals surface area (Å²) in [4.78, 5) is 2.41. The lowest BCUT2D eigenvalue weighted by Crippen LogP contribution is -2.45. The summed E-state index contributed by atoms with van der Waals surface area (Å²) in [6.07, 6.45) is 2.20. The van der Waals surface area contributed by atoms with E-state index in [1.54, 1.807) is 0 Å². The second-order valence-electron chi connectivity index (χ2n) is 5.69. The molecule has 0 bridgehead atoms. The minimum atomic E-state index is 0.0402. The van der Waals surface area contributed by atoms with E-state index < -0.39 is 0 Å². The molecule has 1 heterocycles. The highest BCUT2D eigenvalue weighted by Crippen LogP contribution is 2.29. The number of benzene rings is 1. The number of ether oxygens (including phenoxy) is 1. The van der Waals surface area contributed by atoms with Gasteiger partial charge in [0.1, 0.15) is 0 Å². The van der Waals surface area contributed by atoms with Crippen molar-refractivity contribution >= 4 is 11.6 Å². The Kier molecular flexibility index (Phi) is 6.45. The van der Waals surface area contributed by atoms with Crippen LogP contribution in [-0.2, 0) is 4.74 Å². The zero-order chi connectivity index (χ0) is 15.2. The van der Waals surface area contributed by atoms with E-state index in [4.69, 9.17) is 27.2 Å². The summed E-state index contributed by atoms with van der Waals surface area (Å²) in [7, 11) is 0. The van der Waals surface area contributed by atoms with Crippen molar-refractivity contribution in [2.75, 3.05) is 26.3 Å². The first-order chi connectivity index (χ1) is 10.1. The third-order valence-electron chi connectivity index (χ3n) is 4.00. The highest BCUT2D eigenvalue weighted by Gasteiger charge is 2.28. The lowest BCUT2D eigenvalue weighted by atomic mass is 9.96. The van der Waals surface area contributed by atoms with Crippen molar-refractivity contribution in [3.05, 3.63) is 34.9 Å². The lowest BCUT2D eigenvalue weighted by Gasteiger charge is -2.39. The molecule has 1 fully saturated rings. The van der Waals surface area contributed by atoms with Crippen LogP contribution in [0, 0.1) is 0 Å². The van der Waals surface area contributed by atoms with Crippen molar-refractivity contribution in [1.82, 2.24) is 4.90 Å². The topological polar surface area (TPSA) is 58.7 Å². The average Bonchev–Trinajstić information content (AvgIpc) is 2.46. The number of rotatable bonds is 6. The summed E-state index contributed by atoms with van der Waals surface area (Å²) in [5.41, 5.74) is 7.39. The van der Waals surface area contributed by atoms with Gasteiger partial charge in [0.25, 0.3) is 0 Å². The molecule has 1 aliphatic rings. The van der Waals surface area contributed by atoms with Gasteiger partial charge in [0.2, 0.25) is 0 Å². The van der Waals surface area contributed by atoms with Gasteiger partial charge in [0.15, 0.2) is 0 Å². The predicted molar refractivity (Wildman–Crippen MR) is 85.5 cm³/mol. The van der Waals surface area contributed by atoms with Crippen LogP contribution in [0.3, 0.4) is 0 Å². The van der Waals surface area contributed by atoms with Gasteiger partial charge in [-0.3, -0.25) is 4.90 Å². The molecular formula is C16H25ClN2O2. The first-order valence-corrected chi connectivity index (χ1v) is 7.97. The van der Waals surface area contributed by atoms with Crippen LogP contribution in [0.4, 0.5) is 0 Å². The summed E-state index contributed by atoms with van der Waals surface area (Å²) >= 11 is 6.11. The zero-order valence-corrected chi connectivity index (χ0v) is 13.3. The van der Waals surface area contributed by atoms with Crippen molar-refractivity contribution < 1.29 is 9.84 Å². The number of halogens is 1. The van der Waals surface area contributed by atoms with E-state index in [1.807, 2.05) is 25.1 Å². The Bertz CT molecular complexity index is 434. The van der Waals surface area contributed by atoms with Crippen LogP contribution in [0.15, 0.2) is 24.3 Å². The maximum absolute atomic E-state index is 8.82. The highest BCUT2D eigenvalue weighted by molar-refractivity contribution is 6.30. The number of aliphatic hydroxyl groups is 1.